The van der Waals surface area contributed by atoms with Gasteiger partial charge in [-0.25, -0.2) is 9.18 Å². The van der Waals surface area contributed by atoms with Gasteiger partial charge >= 0.3 is 5.97 Å². The molecule has 3 nitrogen and oxygen atoms in total. The highest BCUT2D eigenvalue weighted by Gasteiger charge is 2.19. The summed E-state index contributed by atoms with van der Waals surface area (Å²) in [5, 5.41) is 9.33. The quantitative estimate of drug-likeness (QED) is 0.736. The van der Waals surface area contributed by atoms with Crippen molar-refractivity contribution in [2.24, 2.45) is 0 Å². The maximum atomic E-state index is 13.9. The zero-order valence-electron chi connectivity index (χ0n) is 12.8. The van der Waals surface area contributed by atoms with Crippen LogP contribution >= 0.6 is 0 Å². The number of hydrogen-bond donors (Lipinski definition) is 1. The molecule has 0 spiro atoms. The largest absolute Gasteiger partial charge is 0.488 e. The topological polar surface area (TPSA) is 46.5 Å². The van der Waals surface area contributed by atoms with Gasteiger partial charge < -0.3 is 9.84 Å². The molecular weight excluding hydrogens is 307 g/mol. The fourth-order valence-electron chi connectivity index (χ4n) is 2.52. The number of ether oxygens (including phenoxy) is 1. The summed E-state index contributed by atoms with van der Waals surface area (Å²) in [7, 11) is 0. The number of carbonyl (C=O) groups is 1. The second-order valence-electron chi connectivity index (χ2n) is 5.24. The molecule has 0 bridgehead atoms. The molecule has 0 fully saturated rings. The normalized spacial score (nSPS) is 10.4. The summed E-state index contributed by atoms with van der Waals surface area (Å²) in [5.74, 6) is -1.56. The van der Waals surface area contributed by atoms with Crippen LogP contribution < -0.4 is 4.74 Å². The fourth-order valence-corrected chi connectivity index (χ4v) is 2.52. The maximum Gasteiger partial charge on any atom is 0.339 e. The van der Waals surface area contributed by atoms with Gasteiger partial charge in [0.1, 0.15) is 23.7 Å². The lowest BCUT2D eigenvalue weighted by Crippen LogP contribution is -2.04. The molecule has 0 amide bonds. The van der Waals surface area contributed by atoms with Crippen LogP contribution in [0.4, 0.5) is 4.39 Å². The summed E-state index contributed by atoms with van der Waals surface area (Å²) in [6.07, 6.45) is 0. The smallest absolute Gasteiger partial charge is 0.339 e. The number of rotatable bonds is 5. The van der Waals surface area contributed by atoms with Crippen LogP contribution in [0.3, 0.4) is 0 Å². The van der Waals surface area contributed by atoms with E-state index in [1.807, 2.05) is 30.3 Å². The molecule has 0 aliphatic rings. The van der Waals surface area contributed by atoms with Crippen molar-refractivity contribution in [1.82, 2.24) is 0 Å². The van der Waals surface area contributed by atoms with Crippen molar-refractivity contribution in [3.05, 3.63) is 89.7 Å². The van der Waals surface area contributed by atoms with E-state index in [0.29, 0.717) is 23.5 Å². The Balaban J connectivity index is 1.98. The molecular formula is C20H15FO3. The van der Waals surface area contributed by atoms with Crippen molar-refractivity contribution < 1.29 is 19.0 Å². The lowest BCUT2D eigenvalue weighted by molar-refractivity contribution is 0.0693. The minimum absolute atomic E-state index is 0.297. The standard InChI is InChI=1S/C20H15FO3/c21-17-11-6-10-16(19(17)20(22)23)15-9-4-5-12-18(15)24-13-14-7-2-1-3-8-14/h1-12H,13H2,(H,22,23). The van der Waals surface area contributed by atoms with Crippen LogP contribution in [0.1, 0.15) is 15.9 Å². The maximum absolute atomic E-state index is 13.9. The van der Waals surface area contributed by atoms with Gasteiger partial charge in [-0.05, 0) is 17.7 Å². The molecule has 1 N–H and O–H groups in total. The van der Waals surface area contributed by atoms with Crippen molar-refractivity contribution in [3.8, 4) is 16.9 Å². The second kappa shape index (κ2) is 6.96. The first kappa shape index (κ1) is 15.7. The highest BCUT2D eigenvalue weighted by molar-refractivity contribution is 5.97. The van der Waals surface area contributed by atoms with E-state index in [-0.39, 0.29) is 5.56 Å². The van der Waals surface area contributed by atoms with Crippen molar-refractivity contribution in [3.63, 3.8) is 0 Å². The van der Waals surface area contributed by atoms with E-state index in [2.05, 4.69) is 0 Å². The van der Waals surface area contributed by atoms with Gasteiger partial charge in [-0.15, -0.1) is 0 Å². The Morgan fingerprint density at radius 2 is 1.54 bits per heavy atom. The summed E-state index contributed by atoms with van der Waals surface area (Å²) >= 11 is 0. The Labute approximate surface area is 139 Å². The predicted molar refractivity (Wildman–Crippen MR) is 89.6 cm³/mol. The van der Waals surface area contributed by atoms with Gasteiger partial charge in [-0.3, -0.25) is 0 Å². The Morgan fingerprint density at radius 3 is 2.29 bits per heavy atom. The van der Waals surface area contributed by atoms with Crippen LogP contribution in [-0.2, 0) is 6.61 Å². The monoisotopic (exact) mass is 322 g/mol. The van der Waals surface area contributed by atoms with Gasteiger partial charge in [0.25, 0.3) is 0 Å². The molecule has 0 heterocycles. The first-order valence-electron chi connectivity index (χ1n) is 7.45. The van der Waals surface area contributed by atoms with Crippen LogP contribution in [-0.4, -0.2) is 11.1 Å². The van der Waals surface area contributed by atoms with E-state index in [9.17, 15) is 14.3 Å². The number of para-hydroxylation sites is 1. The van der Waals surface area contributed by atoms with Crippen LogP contribution in [0.2, 0.25) is 0 Å². The number of benzene rings is 3. The third-order valence-corrected chi connectivity index (χ3v) is 3.64. The first-order valence-corrected chi connectivity index (χ1v) is 7.45. The van der Waals surface area contributed by atoms with Gasteiger partial charge in [0.2, 0.25) is 0 Å². The Hall–Kier alpha value is -3.14. The van der Waals surface area contributed by atoms with Gasteiger partial charge in [-0.2, -0.15) is 0 Å². The van der Waals surface area contributed by atoms with E-state index < -0.39 is 11.8 Å². The Morgan fingerprint density at radius 1 is 0.875 bits per heavy atom. The molecule has 0 aliphatic carbocycles. The van der Waals surface area contributed by atoms with Gasteiger partial charge in [-0.1, -0.05) is 60.7 Å². The number of carboxylic acids is 1. The third kappa shape index (κ3) is 3.27. The molecule has 24 heavy (non-hydrogen) atoms. The molecule has 0 atom stereocenters. The third-order valence-electron chi connectivity index (χ3n) is 3.64. The van der Waals surface area contributed by atoms with E-state index in [1.54, 1.807) is 30.3 Å². The molecule has 4 heteroatoms. The number of aromatic carboxylic acids is 1. The lowest BCUT2D eigenvalue weighted by Gasteiger charge is -2.13. The van der Waals surface area contributed by atoms with Crippen LogP contribution in [0.15, 0.2) is 72.8 Å². The van der Waals surface area contributed by atoms with Gasteiger partial charge in [0.15, 0.2) is 0 Å². The van der Waals surface area contributed by atoms with Crippen LogP contribution in [0.25, 0.3) is 11.1 Å². The van der Waals surface area contributed by atoms with Gasteiger partial charge in [0, 0.05) is 11.1 Å². The number of hydrogen-bond acceptors (Lipinski definition) is 2. The van der Waals surface area contributed by atoms with E-state index >= 15 is 0 Å². The summed E-state index contributed by atoms with van der Waals surface area (Å²) in [6.45, 7) is 0.343. The summed E-state index contributed by atoms with van der Waals surface area (Å²) in [5.41, 5.74) is 1.48. The van der Waals surface area contributed by atoms with Crippen LogP contribution in [0, 0.1) is 5.82 Å². The molecule has 0 aliphatic heterocycles. The molecule has 3 rings (SSSR count). The van der Waals surface area contributed by atoms with Crippen molar-refractivity contribution in [2.75, 3.05) is 0 Å². The molecule has 3 aromatic carbocycles. The average molecular weight is 322 g/mol. The Bertz CT molecular complexity index is 860. The first-order chi connectivity index (χ1) is 11.7. The minimum atomic E-state index is -1.30. The highest BCUT2D eigenvalue weighted by atomic mass is 19.1. The highest BCUT2D eigenvalue weighted by Crippen LogP contribution is 2.33. The predicted octanol–water partition coefficient (Wildman–Crippen LogP) is 4.77. The zero-order valence-corrected chi connectivity index (χ0v) is 12.8. The van der Waals surface area contributed by atoms with Crippen LogP contribution in [0.5, 0.6) is 5.75 Å². The van der Waals surface area contributed by atoms with Crippen molar-refractivity contribution >= 4 is 5.97 Å². The number of carboxylic acid groups (broad SMARTS) is 1. The molecule has 0 radical (unpaired) electrons. The minimum Gasteiger partial charge on any atom is -0.488 e. The second-order valence-corrected chi connectivity index (χ2v) is 5.24. The molecule has 0 unspecified atom stereocenters. The molecule has 120 valence electrons. The van der Waals surface area contributed by atoms with Crippen molar-refractivity contribution in [1.29, 1.82) is 0 Å². The molecule has 0 saturated carbocycles. The molecule has 0 aromatic heterocycles. The molecule has 0 saturated heterocycles. The fraction of sp³-hybridized carbons (Fsp3) is 0.0500. The van der Waals surface area contributed by atoms with Gasteiger partial charge in [0.05, 0.1) is 0 Å². The van der Waals surface area contributed by atoms with E-state index in [0.717, 1.165) is 11.6 Å². The summed E-state index contributed by atoms with van der Waals surface area (Å²) in [6, 6.07) is 20.9. The van der Waals surface area contributed by atoms with Crippen molar-refractivity contribution in [2.45, 2.75) is 6.61 Å². The summed E-state index contributed by atoms with van der Waals surface area (Å²) < 4.78 is 19.8. The average Bonchev–Trinajstić information content (AvgIpc) is 2.60. The number of halogens is 1. The summed E-state index contributed by atoms with van der Waals surface area (Å²) in [4.78, 5) is 11.4. The zero-order chi connectivity index (χ0) is 16.9. The Kier molecular flexibility index (Phi) is 4.57. The SMILES string of the molecule is O=C(O)c1c(F)cccc1-c1ccccc1OCc1ccccc1. The lowest BCUT2D eigenvalue weighted by atomic mass is 9.98. The van der Waals surface area contributed by atoms with E-state index in [1.165, 1.54) is 6.07 Å². The van der Waals surface area contributed by atoms with E-state index in [4.69, 9.17) is 4.74 Å². The molecule has 3 aromatic rings.